The van der Waals surface area contributed by atoms with Crippen LogP contribution in [0.3, 0.4) is 0 Å². The summed E-state index contributed by atoms with van der Waals surface area (Å²) in [5, 5.41) is 9.24. The number of carboxylic acid groups (broad SMARTS) is 1. The molecule has 3 rings (SSSR count). The summed E-state index contributed by atoms with van der Waals surface area (Å²) in [4.78, 5) is 25.4. The largest absolute Gasteiger partial charge is 0.465 e. The first-order valence-electron chi connectivity index (χ1n) is 5.78. The lowest BCUT2D eigenvalue weighted by Crippen LogP contribution is -2.39. The van der Waals surface area contributed by atoms with Gasteiger partial charge in [0.05, 0.1) is 10.9 Å². The number of nitrogens with zero attached hydrogens (tertiary/aromatic N) is 1. The van der Waals surface area contributed by atoms with Crippen molar-refractivity contribution in [1.82, 2.24) is 4.90 Å². The van der Waals surface area contributed by atoms with Crippen LogP contribution in [-0.2, 0) is 6.42 Å². The highest BCUT2D eigenvalue weighted by Crippen LogP contribution is 2.49. The Balaban J connectivity index is 2.01. The minimum atomic E-state index is -0.839. The molecule has 4 nitrogen and oxygen atoms in total. The standard InChI is InChI=1S/C12H13NO3S/c14-6-9-5-8-3-4-13(12(15)16)10(7-1-2-7)11(8)17-9/h5-7,10H,1-4H2,(H,15,16). The van der Waals surface area contributed by atoms with Crippen LogP contribution in [-0.4, -0.2) is 28.9 Å². The van der Waals surface area contributed by atoms with Crippen LogP contribution in [0.4, 0.5) is 4.79 Å². The molecule has 1 aromatic heterocycles. The third-order valence-electron chi connectivity index (χ3n) is 3.52. The molecule has 0 bridgehead atoms. The van der Waals surface area contributed by atoms with Gasteiger partial charge in [-0.1, -0.05) is 0 Å². The lowest BCUT2D eigenvalue weighted by Gasteiger charge is -2.33. The Kier molecular flexibility index (Phi) is 2.43. The molecule has 0 saturated heterocycles. The molecule has 0 radical (unpaired) electrons. The second-order valence-corrected chi connectivity index (χ2v) is 5.78. The van der Waals surface area contributed by atoms with Crippen molar-refractivity contribution < 1.29 is 14.7 Å². The number of thiophene rings is 1. The molecule has 1 aliphatic heterocycles. The first kappa shape index (κ1) is 10.8. The van der Waals surface area contributed by atoms with Crippen LogP contribution >= 0.6 is 11.3 Å². The average Bonchev–Trinajstić information content (AvgIpc) is 3.05. The highest BCUT2D eigenvalue weighted by atomic mass is 32.1. The molecule has 1 unspecified atom stereocenters. The van der Waals surface area contributed by atoms with Gasteiger partial charge in [-0.05, 0) is 36.8 Å². The smallest absolute Gasteiger partial charge is 0.407 e. The SMILES string of the molecule is O=Cc1cc2c(s1)C(C1CC1)N(C(=O)O)CC2. The van der Waals surface area contributed by atoms with Gasteiger partial charge in [0, 0.05) is 11.4 Å². The van der Waals surface area contributed by atoms with Crippen LogP contribution in [0.5, 0.6) is 0 Å². The molecule has 1 atom stereocenters. The Labute approximate surface area is 103 Å². The summed E-state index contributed by atoms with van der Waals surface area (Å²) < 4.78 is 0. The molecular weight excluding hydrogens is 238 g/mol. The fourth-order valence-electron chi connectivity index (χ4n) is 2.59. The predicted molar refractivity (Wildman–Crippen MR) is 63.6 cm³/mol. The number of amides is 1. The molecule has 2 aliphatic rings. The van der Waals surface area contributed by atoms with Crippen molar-refractivity contribution in [1.29, 1.82) is 0 Å². The van der Waals surface area contributed by atoms with E-state index in [9.17, 15) is 14.7 Å². The number of aldehydes is 1. The minimum absolute atomic E-state index is 0.00468. The summed E-state index contributed by atoms with van der Waals surface area (Å²) >= 11 is 1.46. The van der Waals surface area contributed by atoms with Gasteiger partial charge in [-0.15, -0.1) is 11.3 Å². The minimum Gasteiger partial charge on any atom is -0.465 e. The normalized spacial score (nSPS) is 23.3. The molecular formula is C12H13NO3S. The predicted octanol–water partition coefficient (Wildman–Crippen LogP) is 2.55. The second kappa shape index (κ2) is 3.84. The summed E-state index contributed by atoms with van der Waals surface area (Å²) in [6, 6.07) is 1.91. The van der Waals surface area contributed by atoms with Crippen molar-refractivity contribution in [3.05, 3.63) is 21.4 Å². The van der Waals surface area contributed by atoms with E-state index in [-0.39, 0.29) is 6.04 Å². The van der Waals surface area contributed by atoms with E-state index in [0.29, 0.717) is 17.3 Å². The van der Waals surface area contributed by atoms with Gasteiger partial charge in [0.2, 0.25) is 0 Å². The van der Waals surface area contributed by atoms with Crippen LogP contribution in [0.15, 0.2) is 6.07 Å². The van der Waals surface area contributed by atoms with Gasteiger partial charge in [0.1, 0.15) is 0 Å². The number of fused-ring (bicyclic) bond motifs is 1. The van der Waals surface area contributed by atoms with E-state index in [4.69, 9.17) is 0 Å². The van der Waals surface area contributed by atoms with E-state index >= 15 is 0 Å². The molecule has 1 N–H and O–H groups in total. The maximum Gasteiger partial charge on any atom is 0.407 e. The molecule has 1 aromatic rings. The van der Waals surface area contributed by atoms with E-state index in [1.807, 2.05) is 6.07 Å². The number of carbonyl (C=O) groups is 2. The molecule has 17 heavy (non-hydrogen) atoms. The summed E-state index contributed by atoms with van der Waals surface area (Å²) in [5.41, 5.74) is 1.17. The van der Waals surface area contributed by atoms with Crippen LogP contribution < -0.4 is 0 Å². The fourth-order valence-corrected chi connectivity index (χ4v) is 3.82. The molecule has 5 heteroatoms. The van der Waals surface area contributed by atoms with Gasteiger partial charge in [-0.3, -0.25) is 9.69 Å². The van der Waals surface area contributed by atoms with E-state index < -0.39 is 6.09 Å². The zero-order valence-corrected chi connectivity index (χ0v) is 10.1. The zero-order chi connectivity index (χ0) is 12.0. The molecule has 90 valence electrons. The van der Waals surface area contributed by atoms with Gasteiger partial charge >= 0.3 is 6.09 Å². The summed E-state index contributed by atoms with van der Waals surface area (Å²) in [5.74, 6) is 0.461. The second-order valence-electron chi connectivity index (χ2n) is 4.66. The average molecular weight is 251 g/mol. The van der Waals surface area contributed by atoms with Crippen molar-refractivity contribution in [2.45, 2.75) is 25.3 Å². The molecule has 1 fully saturated rings. The van der Waals surface area contributed by atoms with Gasteiger partial charge in [-0.25, -0.2) is 4.79 Å². The maximum atomic E-state index is 11.2. The maximum absolute atomic E-state index is 11.2. The Morgan fingerprint density at radius 3 is 2.88 bits per heavy atom. The van der Waals surface area contributed by atoms with Crippen molar-refractivity contribution in [2.75, 3.05) is 6.54 Å². The van der Waals surface area contributed by atoms with Gasteiger partial charge in [-0.2, -0.15) is 0 Å². The summed E-state index contributed by atoms with van der Waals surface area (Å²) in [7, 11) is 0. The van der Waals surface area contributed by atoms with Crippen molar-refractivity contribution >= 4 is 23.7 Å². The Bertz CT molecular complexity index is 478. The Hall–Kier alpha value is -1.36. The summed E-state index contributed by atoms with van der Waals surface area (Å²) in [6.45, 7) is 0.554. The lowest BCUT2D eigenvalue weighted by molar-refractivity contribution is 0.112. The zero-order valence-electron chi connectivity index (χ0n) is 9.26. The van der Waals surface area contributed by atoms with Gasteiger partial charge in [0.25, 0.3) is 0 Å². The summed E-state index contributed by atoms with van der Waals surface area (Å²) in [6.07, 6.45) is 2.95. The number of hydrogen-bond acceptors (Lipinski definition) is 3. The van der Waals surface area contributed by atoms with Gasteiger partial charge in [0.15, 0.2) is 6.29 Å². The monoisotopic (exact) mass is 251 g/mol. The third-order valence-corrected chi connectivity index (χ3v) is 4.69. The molecule has 1 saturated carbocycles. The van der Waals surface area contributed by atoms with Crippen LogP contribution in [0, 0.1) is 5.92 Å². The number of hydrogen-bond donors (Lipinski definition) is 1. The fraction of sp³-hybridized carbons (Fsp3) is 0.500. The van der Waals surface area contributed by atoms with Crippen LogP contribution in [0.25, 0.3) is 0 Å². The lowest BCUT2D eigenvalue weighted by atomic mass is 9.98. The van der Waals surface area contributed by atoms with Crippen LogP contribution in [0.2, 0.25) is 0 Å². The molecule has 1 aliphatic carbocycles. The highest BCUT2D eigenvalue weighted by molar-refractivity contribution is 7.13. The Morgan fingerprint density at radius 2 is 2.29 bits per heavy atom. The van der Waals surface area contributed by atoms with Crippen molar-refractivity contribution in [2.24, 2.45) is 5.92 Å². The number of rotatable bonds is 2. The van der Waals surface area contributed by atoms with Crippen LogP contribution in [0.1, 0.15) is 39.0 Å². The topological polar surface area (TPSA) is 57.6 Å². The van der Waals surface area contributed by atoms with E-state index in [1.54, 1.807) is 4.90 Å². The molecule has 1 amide bonds. The third kappa shape index (κ3) is 1.74. The van der Waals surface area contributed by atoms with E-state index in [1.165, 1.54) is 16.9 Å². The highest BCUT2D eigenvalue weighted by Gasteiger charge is 2.42. The van der Waals surface area contributed by atoms with E-state index in [2.05, 4.69) is 0 Å². The van der Waals surface area contributed by atoms with E-state index in [0.717, 1.165) is 30.4 Å². The van der Waals surface area contributed by atoms with Gasteiger partial charge < -0.3 is 5.11 Å². The first-order valence-corrected chi connectivity index (χ1v) is 6.59. The van der Waals surface area contributed by atoms with Crippen molar-refractivity contribution in [3.8, 4) is 0 Å². The quantitative estimate of drug-likeness (QED) is 0.822. The molecule has 0 spiro atoms. The first-order chi connectivity index (χ1) is 8.20. The Morgan fingerprint density at radius 1 is 1.53 bits per heavy atom. The molecule has 2 heterocycles. The number of carbonyl (C=O) groups excluding carboxylic acids is 1. The molecule has 0 aromatic carbocycles. The van der Waals surface area contributed by atoms with Crippen molar-refractivity contribution in [3.63, 3.8) is 0 Å².